The summed E-state index contributed by atoms with van der Waals surface area (Å²) in [7, 11) is 1.72. The molecule has 19 heavy (non-hydrogen) atoms. The van der Waals surface area contributed by atoms with Crippen molar-refractivity contribution in [2.75, 3.05) is 13.7 Å². The fourth-order valence-corrected chi connectivity index (χ4v) is 1.92. The van der Waals surface area contributed by atoms with Gasteiger partial charge in [-0.3, -0.25) is 0 Å². The first kappa shape index (κ1) is 13.8. The Morgan fingerprint density at radius 2 is 1.95 bits per heavy atom. The quantitative estimate of drug-likeness (QED) is 0.865. The van der Waals surface area contributed by atoms with E-state index >= 15 is 0 Å². The molecule has 0 radical (unpaired) electrons. The molecule has 0 aliphatic carbocycles. The molecule has 1 heterocycles. The van der Waals surface area contributed by atoms with Gasteiger partial charge in [-0.2, -0.15) is 5.10 Å². The summed E-state index contributed by atoms with van der Waals surface area (Å²) in [5.41, 5.74) is 2.04. The second-order valence-corrected chi connectivity index (χ2v) is 5.26. The van der Waals surface area contributed by atoms with Gasteiger partial charge >= 0.3 is 0 Å². The highest BCUT2D eigenvalue weighted by atomic mass is 16.5. The normalized spacial score (nSPS) is 11.7. The van der Waals surface area contributed by atoms with E-state index in [1.54, 1.807) is 7.11 Å². The molecule has 0 aliphatic rings. The summed E-state index contributed by atoms with van der Waals surface area (Å²) >= 11 is 0. The summed E-state index contributed by atoms with van der Waals surface area (Å²) in [4.78, 5) is 0. The van der Waals surface area contributed by atoms with Crippen LogP contribution in [0.2, 0.25) is 0 Å². The maximum Gasteiger partial charge on any atom is 0.0767 e. The molecular weight excluding hydrogens is 238 g/mol. The van der Waals surface area contributed by atoms with Gasteiger partial charge in [0.05, 0.1) is 18.0 Å². The summed E-state index contributed by atoms with van der Waals surface area (Å²) in [6, 6.07) is 12.1. The van der Waals surface area contributed by atoms with Crippen molar-refractivity contribution in [1.82, 2.24) is 15.1 Å². The Labute approximate surface area is 114 Å². The second-order valence-electron chi connectivity index (χ2n) is 5.26. The van der Waals surface area contributed by atoms with Crippen LogP contribution in [0.1, 0.15) is 19.5 Å². The zero-order valence-electron chi connectivity index (χ0n) is 11.8. The summed E-state index contributed by atoms with van der Waals surface area (Å²) in [6.07, 6.45) is 1.98. The number of hydrogen-bond donors (Lipinski definition) is 1. The Morgan fingerprint density at radius 3 is 2.63 bits per heavy atom. The van der Waals surface area contributed by atoms with Crippen LogP contribution < -0.4 is 5.32 Å². The van der Waals surface area contributed by atoms with Crippen molar-refractivity contribution >= 4 is 0 Å². The Morgan fingerprint density at radius 1 is 1.21 bits per heavy atom. The van der Waals surface area contributed by atoms with E-state index in [1.165, 1.54) is 0 Å². The van der Waals surface area contributed by atoms with Crippen molar-refractivity contribution in [3.8, 4) is 5.69 Å². The van der Waals surface area contributed by atoms with E-state index in [4.69, 9.17) is 4.74 Å². The number of methoxy groups -OCH3 is 1. The summed E-state index contributed by atoms with van der Waals surface area (Å²) < 4.78 is 7.07. The maximum atomic E-state index is 5.18. The van der Waals surface area contributed by atoms with Crippen molar-refractivity contribution in [2.24, 2.45) is 0 Å². The number of ether oxygens (including phenoxy) is 1. The predicted molar refractivity (Wildman–Crippen MR) is 76.4 cm³/mol. The second kappa shape index (κ2) is 5.99. The number of aromatic nitrogens is 2. The third-order valence-electron chi connectivity index (χ3n) is 2.92. The van der Waals surface area contributed by atoms with Gasteiger partial charge in [-0.15, -0.1) is 0 Å². The molecule has 0 fully saturated rings. The van der Waals surface area contributed by atoms with Crippen LogP contribution in [0.5, 0.6) is 0 Å². The zero-order valence-corrected chi connectivity index (χ0v) is 11.8. The number of rotatable bonds is 6. The number of para-hydroxylation sites is 1. The van der Waals surface area contributed by atoms with Crippen LogP contribution in [-0.2, 0) is 11.3 Å². The van der Waals surface area contributed by atoms with Crippen LogP contribution in [0, 0.1) is 0 Å². The van der Waals surface area contributed by atoms with E-state index in [2.05, 4.69) is 24.3 Å². The lowest BCUT2D eigenvalue weighted by Crippen LogP contribution is -2.42. The van der Waals surface area contributed by atoms with E-state index in [1.807, 2.05) is 47.3 Å². The molecule has 0 unspecified atom stereocenters. The minimum Gasteiger partial charge on any atom is -0.383 e. The minimum atomic E-state index is -0.0503. The lowest BCUT2D eigenvalue weighted by molar-refractivity contribution is 0.127. The van der Waals surface area contributed by atoms with Crippen LogP contribution >= 0.6 is 0 Å². The lowest BCUT2D eigenvalue weighted by atomic mass is 10.1. The van der Waals surface area contributed by atoms with Gasteiger partial charge in [-0.25, -0.2) is 4.68 Å². The van der Waals surface area contributed by atoms with Gasteiger partial charge in [-0.1, -0.05) is 18.2 Å². The predicted octanol–water partition coefficient (Wildman–Crippen LogP) is 2.39. The van der Waals surface area contributed by atoms with Crippen LogP contribution in [-0.4, -0.2) is 29.0 Å². The SMILES string of the molecule is COCC(C)(C)NCc1ccn(-c2ccccc2)n1. The fraction of sp³-hybridized carbons (Fsp3) is 0.400. The zero-order chi connectivity index (χ0) is 13.7. The van der Waals surface area contributed by atoms with Crippen molar-refractivity contribution in [2.45, 2.75) is 25.9 Å². The number of benzene rings is 1. The maximum absolute atomic E-state index is 5.18. The molecule has 4 heteroatoms. The summed E-state index contributed by atoms with van der Waals surface area (Å²) in [6.45, 7) is 5.64. The molecule has 0 bridgehead atoms. The lowest BCUT2D eigenvalue weighted by Gasteiger charge is -2.24. The first-order valence-electron chi connectivity index (χ1n) is 6.45. The molecule has 1 aromatic carbocycles. The molecule has 0 saturated heterocycles. The van der Waals surface area contributed by atoms with Gasteiger partial charge < -0.3 is 10.1 Å². The van der Waals surface area contributed by atoms with Crippen LogP contribution in [0.25, 0.3) is 5.69 Å². The van der Waals surface area contributed by atoms with Crippen LogP contribution in [0.15, 0.2) is 42.6 Å². The van der Waals surface area contributed by atoms with Gasteiger partial charge in [0.1, 0.15) is 0 Å². The van der Waals surface area contributed by atoms with Gasteiger partial charge in [0, 0.05) is 25.4 Å². The summed E-state index contributed by atoms with van der Waals surface area (Å²) in [5.74, 6) is 0. The number of nitrogens with zero attached hydrogens (tertiary/aromatic N) is 2. The Balaban J connectivity index is 1.99. The highest BCUT2D eigenvalue weighted by molar-refractivity contribution is 5.30. The average Bonchev–Trinajstić information content (AvgIpc) is 2.86. The van der Waals surface area contributed by atoms with Gasteiger partial charge in [0.25, 0.3) is 0 Å². The molecular formula is C15H21N3O. The van der Waals surface area contributed by atoms with Gasteiger partial charge in [0.15, 0.2) is 0 Å². The number of hydrogen-bond acceptors (Lipinski definition) is 3. The molecule has 1 N–H and O–H groups in total. The average molecular weight is 259 g/mol. The largest absolute Gasteiger partial charge is 0.383 e. The first-order chi connectivity index (χ1) is 9.11. The fourth-order valence-electron chi connectivity index (χ4n) is 1.92. The third kappa shape index (κ3) is 3.91. The van der Waals surface area contributed by atoms with Crippen molar-refractivity contribution in [1.29, 1.82) is 0 Å². The number of nitrogens with one attached hydrogen (secondary N) is 1. The molecule has 4 nitrogen and oxygen atoms in total. The van der Waals surface area contributed by atoms with E-state index in [0.29, 0.717) is 6.61 Å². The monoisotopic (exact) mass is 259 g/mol. The smallest absolute Gasteiger partial charge is 0.0767 e. The van der Waals surface area contributed by atoms with E-state index < -0.39 is 0 Å². The molecule has 0 saturated carbocycles. The molecule has 2 aromatic rings. The van der Waals surface area contributed by atoms with Gasteiger partial charge in [0.2, 0.25) is 0 Å². The molecule has 102 valence electrons. The standard InChI is InChI=1S/C15H21N3O/c1-15(2,12-19-3)16-11-13-9-10-18(17-13)14-7-5-4-6-8-14/h4-10,16H,11-12H2,1-3H3. The first-order valence-corrected chi connectivity index (χ1v) is 6.45. The minimum absolute atomic E-state index is 0.0503. The Hall–Kier alpha value is -1.65. The molecule has 0 aliphatic heterocycles. The van der Waals surface area contributed by atoms with Crippen LogP contribution in [0.3, 0.4) is 0 Å². The Bertz CT molecular complexity index is 505. The topological polar surface area (TPSA) is 39.1 Å². The van der Waals surface area contributed by atoms with Crippen molar-refractivity contribution in [3.05, 3.63) is 48.3 Å². The highest BCUT2D eigenvalue weighted by Crippen LogP contribution is 2.08. The van der Waals surface area contributed by atoms with Crippen molar-refractivity contribution < 1.29 is 4.74 Å². The van der Waals surface area contributed by atoms with E-state index in [-0.39, 0.29) is 5.54 Å². The highest BCUT2D eigenvalue weighted by Gasteiger charge is 2.16. The third-order valence-corrected chi connectivity index (χ3v) is 2.92. The molecule has 0 amide bonds. The van der Waals surface area contributed by atoms with Crippen LogP contribution in [0.4, 0.5) is 0 Å². The van der Waals surface area contributed by atoms with Crippen molar-refractivity contribution in [3.63, 3.8) is 0 Å². The Kier molecular flexibility index (Phi) is 4.35. The molecule has 0 atom stereocenters. The van der Waals surface area contributed by atoms with E-state index in [9.17, 15) is 0 Å². The molecule has 0 spiro atoms. The summed E-state index contributed by atoms with van der Waals surface area (Å²) in [5, 5.41) is 8.00. The van der Waals surface area contributed by atoms with E-state index in [0.717, 1.165) is 17.9 Å². The van der Waals surface area contributed by atoms with Gasteiger partial charge in [-0.05, 0) is 32.0 Å². The molecule has 2 rings (SSSR count). The molecule has 1 aromatic heterocycles.